The molecule has 4 aromatic rings. The summed E-state index contributed by atoms with van der Waals surface area (Å²) in [7, 11) is 0. The van der Waals surface area contributed by atoms with Crippen LogP contribution in [0.5, 0.6) is 11.5 Å². The van der Waals surface area contributed by atoms with Gasteiger partial charge >= 0.3 is 5.63 Å². The largest absolute Gasteiger partial charge is 0.454 e. The van der Waals surface area contributed by atoms with E-state index in [1.54, 1.807) is 6.07 Å². The minimum atomic E-state index is -0.378. The molecule has 152 valence electrons. The third kappa shape index (κ3) is 3.04. The van der Waals surface area contributed by atoms with Gasteiger partial charge in [-0.2, -0.15) is 5.10 Å². The van der Waals surface area contributed by atoms with Crippen molar-refractivity contribution in [3.63, 3.8) is 0 Å². The lowest BCUT2D eigenvalue weighted by Crippen LogP contribution is -2.18. The molecule has 0 unspecified atom stereocenters. The molecule has 1 atom stereocenters. The highest BCUT2D eigenvalue weighted by molar-refractivity contribution is 6.04. The Kier molecular flexibility index (Phi) is 4.02. The Morgan fingerprint density at radius 3 is 2.58 bits per heavy atom. The summed E-state index contributed by atoms with van der Waals surface area (Å²) in [4.78, 5) is 12.8. The fourth-order valence-electron chi connectivity index (χ4n) is 4.13. The van der Waals surface area contributed by atoms with Gasteiger partial charge in [-0.15, -0.1) is 0 Å². The van der Waals surface area contributed by atoms with Gasteiger partial charge in [0.15, 0.2) is 11.5 Å². The van der Waals surface area contributed by atoms with Crippen molar-refractivity contribution in [2.24, 2.45) is 5.10 Å². The first kappa shape index (κ1) is 17.8. The van der Waals surface area contributed by atoms with Crippen molar-refractivity contribution in [2.45, 2.75) is 12.5 Å². The smallest absolute Gasteiger partial charge is 0.345 e. The predicted molar refractivity (Wildman–Crippen MR) is 118 cm³/mol. The Bertz CT molecular complexity index is 1380. The molecule has 0 aliphatic carbocycles. The van der Waals surface area contributed by atoms with Gasteiger partial charge in [0, 0.05) is 11.8 Å². The number of fused-ring (bicyclic) bond motifs is 2. The average molecular weight is 410 g/mol. The van der Waals surface area contributed by atoms with Crippen LogP contribution in [0.25, 0.3) is 11.0 Å². The lowest BCUT2D eigenvalue weighted by molar-refractivity contribution is 0.174. The molecule has 3 aromatic carbocycles. The molecule has 6 nitrogen and oxygen atoms in total. The van der Waals surface area contributed by atoms with Gasteiger partial charge in [0.2, 0.25) is 6.79 Å². The highest BCUT2D eigenvalue weighted by atomic mass is 16.7. The maximum absolute atomic E-state index is 12.8. The molecule has 6 heteroatoms. The van der Waals surface area contributed by atoms with Crippen molar-refractivity contribution < 1.29 is 13.9 Å². The van der Waals surface area contributed by atoms with Crippen LogP contribution in [0.3, 0.4) is 0 Å². The van der Waals surface area contributed by atoms with Gasteiger partial charge in [0.25, 0.3) is 0 Å². The van der Waals surface area contributed by atoms with Crippen LogP contribution < -0.4 is 20.1 Å². The second-order valence-corrected chi connectivity index (χ2v) is 7.54. The Morgan fingerprint density at radius 1 is 0.871 bits per heavy atom. The summed E-state index contributed by atoms with van der Waals surface area (Å²) in [6.07, 6.45) is 0.567. The van der Waals surface area contributed by atoms with Crippen molar-refractivity contribution in [1.82, 2.24) is 0 Å². The molecule has 0 saturated heterocycles. The van der Waals surface area contributed by atoms with Crippen LogP contribution in [0.15, 0.2) is 93.2 Å². The van der Waals surface area contributed by atoms with Gasteiger partial charge in [0.05, 0.1) is 23.0 Å². The van der Waals surface area contributed by atoms with Crippen LogP contribution in [0.2, 0.25) is 0 Å². The Morgan fingerprint density at radius 2 is 1.68 bits per heavy atom. The average Bonchev–Trinajstić information content (AvgIpc) is 3.46. The van der Waals surface area contributed by atoms with E-state index in [9.17, 15) is 4.79 Å². The van der Waals surface area contributed by atoms with E-state index in [0.29, 0.717) is 23.3 Å². The van der Waals surface area contributed by atoms with Crippen LogP contribution in [0, 0.1) is 0 Å². The molecule has 2 aliphatic rings. The van der Waals surface area contributed by atoms with E-state index >= 15 is 0 Å². The van der Waals surface area contributed by atoms with E-state index in [1.807, 2.05) is 77.8 Å². The van der Waals surface area contributed by atoms with E-state index in [1.165, 1.54) is 0 Å². The van der Waals surface area contributed by atoms with Crippen LogP contribution in [0.1, 0.15) is 23.6 Å². The van der Waals surface area contributed by atoms with E-state index in [2.05, 4.69) is 0 Å². The van der Waals surface area contributed by atoms with Crippen molar-refractivity contribution in [3.05, 3.63) is 100 Å². The maximum Gasteiger partial charge on any atom is 0.345 e. The van der Waals surface area contributed by atoms with E-state index in [4.69, 9.17) is 19.0 Å². The van der Waals surface area contributed by atoms with E-state index in [-0.39, 0.29) is 18.5 Å². The first-order chi connectivity index (χ1) is 15.3. The topological polar surface area (TPSA) is 64.3 Å². The first-order valence-corrected chi connectivity index (χ1v) is 10.1. The number of hydrogen-bond acceptors (Lipinski definition) is 6. The Balaban J connectivity index is 1.46. The molecule has 0 saturated carbocycles. The van der Waals surface area contributed by atoms with Crippen molar-refractivity contribution in [3.8, 4) is 11.5 Å². The normalized spacial score (nSPS) is 17.2. The number of ether oxygens (including phenoxy) is 2. The number of anilines is 1. The van der Waals surface area contributed by atoms with Gasteiger partial charge in [-0.05, 0) is 42.0 Å². The number of hydrogen-bond donors (Lipinski definition) is 0. The van der Waals surface area contributed by atoms with Crippen LogP contribution >= 0.6 is 0 Å². The maximum atomic E-state index is 12.8. The molecule has 0 amide bonds. The van der Waals surface area contributed by atoms with Gasteiger partial charge in [-0.3, -0.25) is 5.01 Å². The molecule has 1 aromatic heterocycles. The highest BCUT2D eigenvalue weighted by Gasteiger charge is 2.32. The van der Waals surface area contributed by atoms with Crippen molar-refractivity contribution in [1.29, 1.82) is 0 Å². The van der Waals surface area contributed by atoms with Crippen molar-refractivity contribution in [2.75, 3.05) is 11.8 Å². The SMILES string of the molecule is O=c1oc2ccccc2cc1C1=NN(c2ccccc2)[C@H](c2ccc3c(c2)OCO3)C1. The first-order valence-electron chi connectivity index (χ1n) is 10.1. The minimum absolute atomic E-state index is 0.0854. The molecular formula is C25H18N2O4. The molecule has 0 bridgehead atoms. The van der Waals surface area contributed by atoms with Gasteiger partial charge in [-0.1, -0.05) is 42.5 Å². The molecule has 0 N–H and O–H groups in total. The zero-order chi connectivity index (χ0) is 20.8. The molecule has 31 heavy (non-hydrogen) atoms. The van der Waals surface area contributed by atoms with E-state index in [0.717, 1.165) is 28.1 Å². The number of rotatable bonds is 3. The second-order valence-electron chi connectivity index (χ2n) is 7.54. The lowest BCUT2D eigenvalue weighted by Gasteiger charge is -2.24. The summed E-state index contributed by atoms with van der Waals surface area (Å²) in [6, 6.07) is 25.2. The molecule has 3 heterocycles. The summed E-state index contributed by atoms with van der Waals surface area (Å²) >= 11 is 0. The van der Waals surface area contributed by atoms with Crippen molar-refractivity contribution >= 4 is 22.4 Å². The molecule has 0 radical (unpaired) electrons. The Hall–Kier alpha value is -4.06. The zero-order valence-corrected chi connectivity index (χ0v) is 16.5. The number of nitrogens with zero attached hydrogens (tertiary/aromatic N) is 2. The monoisotopic (exact) mass is 410 g/mol. The molecular weight excluding hydrogens is 392 g/mol. The number of hydrazone groups is 1. The Labute approximate surface area is 177 Å². The minimum Gasteiger partial charge on any atom is -0.454 e. The summed E-state index contributed by atoms with van der Waals surface area (Å²) in [5, 5.41) is 7.70. The fourth-order valence-corrected chi connectivity index (χ4v) is 4.13. The molecule has 6 rings (SSSR count). The summed E-state index contributed by atoms with van der Waals surface area (Å²) < 4.78 is 16.6. The predicted octanol–water partition coefficient (Wildman–Crippen LogP) is 4.88. The van der Waals surface area contributed by atoms with E-state index < -0.39 is 0 Å². The fraction of sp³-hybridized carbons (Fsp3) is 0.120. The van der Waals surface area contributed by atoms with Crippen LogP contribution in [-0.2, 0) is 0 Å². The van der Waals surface area contributed by atoms with Gasteiger partial charge in [-0.25, -0.2) is 4.79 Å². The summed E-state index contributed by atoms with van der Waals surface area (Å²) in [5.74, 6) is 1.47. The van der Waals surface area contributed by atoms with Crippen LogP contribution in [0.4, 0.5) is 5.69 Å². The summed E-state index contributed by atoms with van der Waals surface area (Å²) in [6.45, 7) is 0.228. The third-order valence-electron chi connectivity index (χ3n) is 5.66. The molecule has 0 spiro atoms. The van der Waals surface area contributed by atoms with Gasteiger partial charge in [0.1, 0.15) is 5.58 Å². The third-order valence-corrected chi connectivity index (χ3v) is 5.66. The number of benzene rings is 3. The highest BCUT2D eigenvalue weighted by Crippen LogP contribution is 2.40. The molecule has 0 fully saturated rings. The van der Waals surface area contributed by atoms with Crippen LogP contribution in [-0.4, -0.2) is 12.5 Å². The van der Waals surface area contributed by atoms with Gasteiger partial charge < -0.3 is 13.9 Å². The number of para-hydroxylation sites is 2. The lowest BCUT2D eigenvalue weighted by atomic mass is 9.98. The molecule has 2 aliphatic heterocycles. The quantitative estimate of drug-likeness (QED) is 0.451. The summed E-state index contributed by atoms with van der Waals surface area (Å²) in [5.41, 5.74) is 3.37. The zero-order valence-electron chi connectivity index (χ0n) is 16.5. The second kappa shape index (κ2) is 7.02. The standard InChI is InChI=1S/C25H18N2O4/c28-25-19(12-17-6-4-5-9-22(17)31-25)20-14-21(27(26-20)18-7-2-1-3-8-18)16-10-11-23-24(13-16)30-15-29-23/h1-13,21H,14-15H2/t21-/m0/s1.